The summed E-state index contributed by atoms with van der Waals surface area (Å²) in [6, 6.07) is 2.30. The third kappa shape index (κ3) is 8.31. The number of amides is 5. The second-order valence-electron chi connectivity index (χ2n) is 15.2. The van der Waals surface area contributed by atoms with Crippen molar-refractivity contribution in [2.24, 2.45) is 5.92 Å². The van der Waals surface area contributed by atoms with Crippen molar-refractivity contribution in [1.29, 1.82) is 0 Å². The number of allylic oxidation sites excluding steroid dienone is 1. The standard InChI is InChI=1S/C35H46FN5O9S/c1-34(2,3)50-32(45)37-27-13-8-6-4-5-7-11-22-17-35(22,31(44)39-51(47,48)24-14-15-24)38-29(42)28-16-23(19-41(28)30(27)43)49-33(46)40-18-21-10-9-12-26(36)25(21)20-40/h7,9-12,22-24,27-28H,4-6,8,13-20H2,1-3H3,(H,37,45)(H,38,42)(H,39,44)/t22-,23?,27-,28+,35-/m1/s1. The van der Waals surface area contributed by atoms with Gasteiger partial charge < -0.3 is 25.0 Å². The van der Waals surface area contributed by atoms with Gasteiger partial charge in [-0.3, -0.25) is 24.0 Å². The Labute approximate surface area is 296 Å². The zero-order chi connectivity index (χ0) is 36.7. The van der Waals surface area contributed by atoms with Crippen LogP contribution >= 0.6 is 0 Å². The molecule has 5 atom stereocenters. The van der Waals surface area contributed by atoms with Gasteiger partial charge in [-0.25, -0.2) is 22.4 Å². The van der Waals surface area contributed by atoms with Crippen LogP contribution in [0.3, 0.4) is 0 Å². The summed E-state index contributed by atoms with van der Waals surface area (Å²) >= 11 is 0. The number of carbonyl (C=O) groups excluding carboxylic acids is 5. The number of ether oxygens (including phenoxy) is 2. The van der Waals surface area contributed by atoms with Crippen molar-refractivity contribution in [3.05, 3.63) is 47.3 Å². The summed E-state index contributed by atoms with van der Waals surface area (Å²) in [5.41, 5.74) is -1.36. The Bertz CT molecular complexity index is 1730. The average Bonchev–Trinajstić information content (AvgIpc) is 3.93. The van der Waals surface area contributed by atoms with E-state index >= 15 is 0 Å². The van der Waals surface area contributed by atoms with Gasteiger partial charge >= 0.3 is 12.2 Å². The van der Waals surface area contributed by atoms with Crippen LogP contribution in [-0.2, 0) is 47.0 Å². The Kier molecular flexibility index (Phi) is 10.1. The lowest BCUT2D eigenvalue weighted by atomic mass is 10.0. The molecule has 3 N–H and O–H groups in total. The maximum absolute atomic E-state index is 14.4. The molecular formula is C35H46FN5O9S. The van der Waals surface area contributed by atoms with E-state index in [-0.39, 0.29) is 38.9 Å². The maximum atomic E-state index is 14.4. The molecular weight excluding hydrogens is 685 g/mol. The highest BCUT2D eigenvalue weighted by Gasteiger charge is 2.62. The SMILES string of the molecule is CC(C)(C)OC(=O)N[C@@H]1CCCCCC=C[C@@H]2C[C@@]2(C(=O)NS(=O)(=O)C2CC2)NC(=O)[C@@H]2CC(OC(=O)N3Cc4cccc(F)c4C3)CN2C1=O. The van der Waals surface area contributed by atoms with Crippen LogP contribution < -0.4 is 15.4 Å². The molecule has 2 aliphatic carbocycles. The summed E-state index contributed by atoms with van der Waals surface area (Å²) in [5, 5.41) is 4.79. The van der Waals surface area contributed by atoms with E-state index in [1.54, 1.807) is 32.9 Å². The van der Waals surface area contributed by atoms with Crippen LogP contribution in [0.2, 0.25) is 0 Å². The van der Waals surface area contributed by atoms with Gasteiger partial charge in [0.2, 0.25) is 21.8 Å². The lowest BCUT2D eigenvalue weighted by Crippen LogP contribution is -2.58. The quantitative estimate of drug-likeness (QED) is 0.384. The van der Waals surface area contributed by atoms with E-state index in [4.69, 9.17) is 9.47 Å². The minimum Gasteiger partial charge on any atom is -0.444 e. The van der Waals surface area contributed by atoms with Crippen LogP contribution in [0.4, 0.5) is 14.0 Å². The fraction of sp³-hybridized carbons (Fsp3) is 0.629. The summed E-state index contributed by atoms with van der Waals surface area (Å²) in [5.74, 6) is -3.06. The number of halogens is 1. The third-order valence-corrected chi connectivity index (χ3v) is 11.8. The molecule has 5 amide bonds. The number of benzene rings is 1. The van der Waals surface area contributed by atoms with Crippen LogP contribution in [0.5, 0.6) is 0 Å². The smallest absolute Gasteiger partial charge is 0.410 e. The number of alkyl carbamates (subject to hydrolysis) is 1. The van der Waals surface area contributed by atoms with Crippen LogP contribution in [0.1, 0.15) is 89.7 Å². The first kappa shape index (κ1) is 36.6. The molecule has 0 spiro atoms. The molecule has 278 valence electrons. The Balaban J connectivity index is 1.25. The van der Waals surface area contributed by atoms with Crippen molar-refractivity contribution < 1.29 is 46.3 Å². The van der Waals surface area contributed by atoms with Gasteiger partial charge in [-0.2, -0.15) is 0 Å². The number of nitrogens with one attached hydrogen (secondary N) is 3. The first-order chi connectivity index (χ1) is 24.1. The number of rotatable bonds is 5. The minimum absolute atomic E-state index is 0.00168. The molecule has 0 aromatic heterocycles. The van der Waals surface area contributed by atoms with Crippen LogP contribution in [0, 0.1) is 11.7 Å². The molecule has 14 nitrogen and oxygen atoms in total. The Morgan fingerprint density at radius 2 is 1.82 bits per heavy atom. The van der Waals surface area contributed by atoms with Gasteiger partial charge in [0.15, 0.2) is 0 Å². The van der Waals surface area contributed by atoms with E-state index in [1.165, 1.54) is 15.9 Å². The highest BCUT2D eigenvalue weighted by molar-refractivity contribution is 7.91. The molecule has 3 fully saturated rings. The first-order valence-electron chi connectivity index (χ1n) is 17.6. The first-order valence-corrected chi connectivity index (χ1v) is 19.2. The third-order valence-electron chi connectivity index (χ3n) is 9.99. The van der Waals surface area contributed by atoms with Crippen molar-refractivity contribution >= 4 is 39.9 Å². The van der Waals surface area contributed by atoms with Gasteiger partial charge in [-0.15, -0.1) is 0 Å². The topological polar surface area (TPSA) is 181 Å². The highest BCUT2D eigenvalue weighted by Crippen LogP contribution is 2.46. The Morgan fingerprint density at radius 1 is 1.06 bits per heavy atom. The average molecular weight is 732 g/mol. The monoisotopic (exact) mass is 731 g/mol. The van der Waals surface area contributed by atoms with E-state index in [9.17, 15) is 36.8 Å². The molecule has 1 aromatic rings. The summed E-state index contributed by atoms with van der Waals surface area (Å²) in [6.07, 6.45) is 5.10. The van der Waals surface area contributed by atoms with Crippen molar-refractivity contribution in [3.63, 3.8) is 0 Å². The van der Waals surface area contributed by atoms with E-state index < -0.39 is 86.2 Å². The number of hydrogen-bond donors (Lipinski definition) is 3. The second-order valence-corrected chi connectivity index (χ2v) is 17.2. The predicted octanol–water partition coefficient (Wildman–Crippen LogP) is 3.14. The summed E-state index contributed by atoms with van der Waals surface area (Å²) in [7, 11) is -3.92. The predicted molar refractivity (Wildman–Crippen MR) is 180 cm³/mol. The molecule has 6 rings (SSSR count). The number of carbonyl (C=O) groups is 5. The number of nitrogens with zero attached hydrogens (tertiary/aromatic N) is 2. The largest absolute Gasteiger partial charge is 0.444 e. The van der Waals surface area contributed by atoms with E-state index in [1.807, 2.05) is 12.2 Å². The van der Waals surface area contributed by atoms with Gasteiger partial charge in [-0.05, 0) is 70.9 Å². The van der Waals surface area contributed by atoms with Crippen molar-refractivity contribution in [3.8, 4) is 0 Å². The van der Waals surface area contributed by atoms with Crippen molar-refractivity contribution in [2.45, 2.75) is 126 Å². The molecule has 3 aliphatic heterocycles. The van der Waals surface area contributed by atoms with Gasteiger partial charge in [0.05, 0.1) is 18.3 Å². The number of fused-ring (bicyclic) bond motifs is 3. The molecule has 1 saturated heterocycles. The molecule has 16 heteroatoms. The molecule has 1 unspecified atom stereocenters. The molecule has 0 radical (unpaired) electrons. The Hall–Kier alpha value is -4.21. The molecule has 5 aliphatic rings. The molecule has 3 heterocycles. The summed E-state index contributed by atoms with van der Waals surface area (Å²) in [6.45, 7) is 5.01. The molecule has 51 heavy (non-hydrogen) atoms. The fourth-order valence-corrected chi connectivity index (χ4v) is 8.39. The van der Waals surface area contributed by atoms with Gasteiger partial charge in [-0.1, -0.05) is 37.1 Å². The lowest BCUT2D eigenvalue weighted by Gasteiger charge is -2.30. The van der Waals surface area contributed by atoms with E-state index in [2.05, 4.69) is 15.4 Å². The molecule has 2 saturated carbocycles. The second kappa shape index (κ2) is 14.1. The molecule has 1 aromatic carbocycles. The van der Waals surface area contributed by atoms with Crippen LogP contribution in [-0.4, -0.2) is 89.2 Å². The van der Waals surface area contributed by atoms with Gasteiger partial charge in [0.25, 0.3) is 5.91 Å². The minimum atomic E-state index is -3.92. The zero-order valence-corrected chi connectivity index (χ0v) is 29.9. The lowest BCUT2D eigenvalue weighted by molar-refractivity contribution is -0.141. The summed E-state index contributed by atoms with van der Waals surface area (Å²) < 4.78 is 53.3. The highest BCUT2D eigenvalue weighted by atomic mass is 32.2. The molecule has 0 bridgehead atoms. The van der Waals surface area contributed by atoms with Crippen LogP contribution in [0.25, 0.3) is 0 Å². The summed E-state index contributed by atoms with van der Waals surface area (Å²) in [4.78, 5) is 70.8. The van der Waals surface area contributed by atoms with Crippen molar-refractivity contribution in [1.82, 2.24) is 25.2 Å². The maximum Gasteiger partial charge on any atom is 0.410 e. The fourth-order valence-electron chi connectivity index (χ4n) is 7.02. The van der Waals surface area contributed by atoms with E-state index in [0.717, 1.165) is 12.8 Å². The zero-order valence-electron chi connectivity index (χ0n) is 29.1. The van der Waals surface area contributed by atoms with Gasteiger partial charge in [0, 0.05) is 24.4 Å². The van der Waals surface area contributed by atoms with E-state index in [0.29, 0.717) is 36.8 Å². The van der Waals surface area contributed by atoms with Crippen molar-refractivity contribution in [2.75, 3.05) is 6.54 Å². The van der Waals surface area contributed by atoms with Gasteiger partial charge in [0.1, 0.15) is 35.1 Å². The number of sulfonamides is 1. The Morgan fingerprint density at radius 3 is 2.53 bits per heavy atom. The number of hydrogen-bond acceptors (Lipinski definition) is 9. The van der Waals surface area contributed by atoms with Crippen LogP contribution in [0.15, 0.2) is 30.4 Å². The normalized spacial score (nSPS) is 28.3.